The maximum Gasteiger partial charge on any atom is 0.234 e. The smallest absolute Gasteiger partial charge is 0.234 e. The molecule has 4 heteroatoms. The van der Waals surface area contributed by atoms with E-state index in [4.69, 9.17) is 11.6 Å². The van der Waals surface area contributed by atoms with Crippen LogP contribution >= 0.6 is 23.4 Å². The van der Waals surface area contributed by atoms with E-state index in [0.717, 1.165) is 23.4 Å². The molecule has 0 unspecified atom stereocenters. The van der Waals surface area contributed by atoms with Crippen molar-refractivity contribution in [2.45, 2.75) is 26.7 Å². The summed E-state index contributed by atoms with van der Waals surface area (Å²) < 4.78 is 0. The molecule has 0 saturated heterocycles. The number of unbranched alkanes of at least 4 members (excludes halogenated alkanes) is 1. The number of halogens is 1. The molecule has 0 aliphatic rings. The molecule has 0 aromatic heterocycles. The number of thioether (sulfide) groups is 1. The van der Waals surface area contributed by atoms with E-state index in [1.54, 1.807) is 17.8 Å². The molecular weight excluding hydrogens is 254 g/mol. The maximum absolute atomic E-state index is 11.6. The zero-order valence-electron chi connectivity index (χ0n) is 10.3. The Morgan fingerprint density at radius 1 is 1.47 bits per heavy atom. The third kappa shape index (κ3) is 5.46. The van der Waals surface area contributed by atoms with E-state index < -0.39 is 0 Å². The van der Waals surface area contributed by atoms with E-state index in [-0.39, 0.29) is 5.91 Å². The van der Waals surface area contributed by atoms with Crippen molar-refractivity contribution in [3.05, 3.63) is 28.8 Å². The fourth-order valence-electron chi connectivity index (χ4n) is 1.36. The molecule has 0 atom stereocenters. The number of hydrogen-bond donors (Lipinski definition) is 1. The summed E-state index contributed by atoms with van der Waals surface area (Å²) in [4.78, 5) is 11.6. The molecule has 0 radical (unpaired) electrons. The number of nitrogens with one attached hydrogen (secondary N) is 1. The number of benzene rings is 1. The summed E-state index contributed by atoms with van der Waals surface area (Å²) in [5, 5.41) is 3.59. The van der Waals surface area contributed by atoms with Gasteiger partial charge < -0.3 is 5.32 Å². The minimum atomic E-state index is 0.0523. The molecule has 0 fully saturated rings. The summed E-state index contributed by atoms with van der Waals surface area (Å²) in [6, 6.07) is 5.47. The van der Waals surface area contributed by atoms with Crippen LogP contribution in [0.5, 0.6) is 0 Å². The highest BCUT2D eigenvalue weighted by atomic mass is 35.5. The zero-order valence-corrected chi connectivity index (χ0v) is 11.8. The fraction of sp³-hybridized carbons (Fsp3) is 0.462. The molecule has 1 amide bonds. The maximum atomic E-state index is 11.6. The Bertz CT molecular complexity index is 382. The summed E-state index contributed by atoms with van der Waals surface area (Å²) in [5.41, 5.74) is 1.83. The Hall–Kier alpha value is -0.670. The summed E-state index contributed by atoms with van der Waals surface area (Å²) in [5.74, 6) is 1.61. The molecule has 0 saturated carbocycles. The molecule has 0 aliphatic carbocycles. The molecule has 17 heavy (non-hydrogen) atoms. The lowest BCUT2D eigenvalue weighted by Gasteiger charge is -2.08. The van der Waals surface area contributed by atoms with Crippen molar-refractivity contribution < 1.29 is 4.79 Å². The molecule has 1 N–H and O–H groups in total. The molecule has 94 valence electrons. The van der Waals surface area contributed by atoms with Crippen molar-refractivity contribution >= 4 is 35.0 Å². The molecule has 1 aromatic carbocycles. The highest BCUT2D eigenvalue weighted by molar-refractivity contribution is 7.99. The molecule has 1 aromatic rings. The second-order valence-corrected chi connectivity index (χ2v) is 5.46. The van der Waals surface area contributed by atoms with Gasteiger partial charge in [0.15, 0.2) is 0 Å². The van der Waals surface area contributed by atoms with E-state index in [2.05, 4.69) is 12.2 Å². The lowest BCUT2D eigenvalue weighted by molar-refractivity contribution is -0.113. The van der Waals surface area contributed by atoms with Crippen molar-refractivity contribution in [3.63, 3.8) is 0 Å². The molecule has 2 nitrogen and oxygen atoms in total. The van der Waals surface area contributed by atoms with Gasteiger partial charge in [-0.1, -0.05) is 24.9 Å². The normalized spacial score (nSPS) is 10.3. The second-order valence-electron chi connectivity index (χ2n) is 3.91. The first-order chi connectivity index (χ1) is 8.13. The van der Waals surface area contributed by atoms with Crippen LogP contribution in [0.25, 0.3) is 0 Å². The fourth-order valence-corrected chi connectivity index (χ4v) is 2.49. The molecular formula is C13H18ClNOS. The average Bonchev–Trinajstić information content (AvgIpc) is 2.28. The number of rotatable bonds is 6. The van der Waals surface area contributed by atoms with Crippen LogP contribution in [0.1, 0.15) is 25.3 Å². The van der Waals surface area contributed by atoms with E-state index in [0.29, 0.717) is 10.8 Å². The molecule has 0 spiro atoms. The number of anilines is 1. The molecule has 0 bridgehead atoms. The van der Waals surface area contributed by atoms with Crippen molar-refractivity contribution in [2.24, 2.45) is 0 Å². The van der Waals surface area contributed by atoms with E-state index in [1.807, 2.05) is 19.1 Å². The first-order valence-electron chi connectivity index (χ1n) is 5.77. The number of hydrogen-bond acceptors (Lipinski definition) is 2. The highest BCUT2D eigenvalue weighted by Gasteiger charge is 2.04. The van der Waals surface area contributed by atoms with Gasteiger partial charge in [-0.05, 0) is 42.9 Å². The number of carbonyl (C=O) groups is 1. The monoisotopic (exact) mass is 271 g/mol. The quantitative estimate of drug-likeness (QED) is 0.789. The van der Waals surface area contributed by atoms with Gasteiger partial charge in [0.25, 0.3) is 0 Å². The minimum absolute atomic E-state index is 0.0523. The summed E-state index contributed by atoms with van der Waals surface area (Å²) in [6.45, 7) is 4.09. The number of carbonyl (C=O) groups excluding carboxylic acids is 1. The molecule has 1 rings (SSSR count). The lowest BCUT2D eigenvalue weighted by atomic mass is 10.2. The predicted molar refractivity (Wildman–Crippen MR) is 77.1 cm³/mol. The van der Waals surface area contributed by atoms with Gasteiger partial charge in [0.1, 0.15) is 0 Å². The van der Waals surface area contributed by atoms with Gasteiger partial charge in [0, 0.05) is 10.7 Å². The Balaban J connectivity index is 2.40. The number of aryl methyl sites for hydroxylation is 1. The van der Waals surface area contributed by atoms with Crippen LogP contribution in [0.3, 0.4) is 0 Å². The van der Waals surface area contributed by atoms with E-state index >= 15 is 0 Å². The van der Waals surface area contributed by atoms with Crippen molar-refractivity contribution in [3.8, 4) is 0 Å². The van der Waals surface area contributed by atoms with E-state index in [9.17, 15) is 4.79 Å². The van der Waals surface area contributed by atoms with Crippen LogP contribution in [0.2, 0.25) is 5.02 Å². The highest BCUT2D eigenvalue weighted by Crippen LogP contribution is 2.19. The van der Waals surface area contributed by atoms with Crippen LogP contribution in [0.4, 0.5) is 5.69 Å². The Morgan fingerprint density at radius 3 is 2.88 bits per heavy atom. The largest absolute Gasteiger partial charge is 0.325 e. The van der Waals surface area contributed by atoms with Crippen LogP contribution in [-0.2, 0) is 4.79 Å². The first-order valence-corrected chi connectivity index (χ1v) is 7.30. The standard InChI is InChI=1S/C13H18ClNOS/c1-3-4-7-17-9-13(16)15-12-6-5-11(14)8-10(12)2/h5-6,8H,3-4,7,9H2,1-2H3,(H,15,16). The van der Waals surface area contributed by atoms with Gasteiger partial charge in [-0.2, -0.15) is 11.8 Å². The van der Waals surface area contributed by atoms with Crippen LogP contribution < -0.4 is 5.32 Å². The van der Waals surface area contributed by atoms with Gasteiger partial charge in [-0.3, -0.25) is 4.79 Å². The van der Waals surface area contributed by atoms with Gasteiger partial charge in [0.2, 0.25) is 5.91 Å². The van der Waals surface area contributed by atoms with Gasteiger partial charge in [0.05, 0.1) is 5.75 Å². The SMILES string of the molecule is CCCCSCC(=O)Nc1ccc(Cl)cc1C. The van der Waals surface area contributed by atoms with Crippen LogP contribution in [0, 0.1) is 6.92 Å². The van der Waals surface area contributed by atoms with Gasteiger partial charge in [-0.15, -0.1) is 0 Å². The Labute approximate surface area is 112 Å². The van der Waals surface area contributed by atoms with Crippen molar-refractivity contribution in [2.75, 3.05) is 16.8 Å². The molecule has 0 heterocycles. The second kappa shape index (κ2) is 7.62. The van der Waals surface area contributed by atoms with Gasteiger partial charge >= 0.3 is 0 Å². The summed E-state index contributed by atoms with van der Waals surface area (Å²) >= 11 is 7.53. The van der Waals surface area contributed by atoms with Crippen molar-refractivity contribution in [1.82, 2.24) is 0 Å². The third-order valence-corrected chi connectivity index (χ3v) is 3.62. The predicted octanol–water partition coefficient (Wildman–Crippen LogP) is 4.12. The third-order valence-electron chi connectivity index (χ3n) is 2.34. The van der Waals surface area contributed by atoms with Gasteiger partial charge in [-0.25, -0.2) is 0 Å². The van der Waals surface area contributed by atoms with Crippen LogP contribution in [-0.4, -0.2) is 17.4 Å². The lowest BCUT2D eigenvalue weighted by Crippen LogP contribution is -2.15. The number of amides is 1. The average molecular weight is 272 g/mol. The Morgan fingerprint density at radius 2 is 2.24 bits per heavy atom. The zero-order chi connectivity index (χ0) is 12.7. The van der Waals surface area contributed by atoms with E-state index in [1.165, 1.54) is 6.42 Å². The van der Waals surface area contributed by atoms with Crippen LogP contribution in [0.15, 0.2) is 18.2 Å². The Kier molecular flexibility index (Phi) is 6.45. The van der Waals surface area contributed by atoms with Crippen molar-refractivity contribution in [1.29, 1.82) is 0 Å². The minimum Gasteiger partial charge on any atom is -0.325 e. The summed E-state index contributed by atoms with van der Waals surface area (Å²) in [7, 11) is 0. The molecule has 0 aliphatic heterocycles. The topological polar surface area (TPSA) is 29.1 Å². The first kappa shape index (κ1) is 14.4. The summed E-state index contributed by atoms with van der Waals surface area (Å²) in [6.07, 6.45) is 2.34.